The maximum absolute atomic E-state index is 6.04. The topological polar surface area (TPSA) is 62.9 Å². The number of anilines is 1. The lowest BCUT2D eigenvalue weighted by Crippen LogP contribution is -2.42. The molecule has 1 aliphatic heterocycles. The number of guanidine groups is 1. The van der Waals surface area contributed by atoms with Crippen LogP contribution in [0.1, 0.15) is 39.0 Å². The lowest BCUT2D eigenvalue weighted by atomic mass is 10.0. The van der Waals surface area contributed by atoms with Crippen LogP contribution in [0, 0.1) is 0 Å². The number of nitrogens with one attached hydrogen (secondary N) is 1. The van der Waals surface area contributed by atoms with Crippen molar-refractivity contribution in [3.8, 4) is 5.75 Å². The maximum Gasteiger partial charge on any atom is 0.193 e. The van der Waals surface area contributed by atoms with E-state index in [9.17, 15) is 0 Å². The quantitative estimate of drug-likeness (QED) is 0.381. The lowest BCUT2D eigenvalue weighted by Gasteiger charge is -2.34. The van der Waals surface area contributed by atoms with Crippen LogP contribution >= 0.6 is 24.0 Å². The number of nitrogens with two attached hydrogens (primary N) is 1. The fourth-order valence-corrected chi connectivity index (χ4v) is 3.01. The van der Waals surface area contributed by atoms with E-state index in [1.54, 1.807) is 7.11 Å². The smallest absolute Gasteiger partial charge is 0.193 e. The van der Waals surface area contributed by atoms with Gasteiger partial charge in [-0.2, -0.15) is 0 Å². The van der Waals surface area contributed by atoms with Gasteiger partial charge in [-0.3, -0.25) is 9.89 Å². The van der Waals surface area contributed by atoms with E-state index in [1.165, 1.54) is 45.2 Å². The average Bonchev–Trinajstić information content (AvgIpc) is 2.59. The van der Waals surface area contributed by atoms with Gasteiger partial charge in [0.15, 0.2) is 5.96 Å². The van der Waals surface area contributed by atoms with Crippen LogP contribution in [0.15, 0.2) is 29.3 Å². The molecule has 0 saturated carbocycles. The van der Waals surface area contributed by atoms with Gasteiger partial charge in [-0.15, -0.1) is 24.0 Å². The summed E-state index contributed by atoms with van der Waals surface area (Å²) in [6.45, 7) is 5.39. The van der Waals surface area contributed by atoms with Gasteiger partial charge in [0, 0.05) is 17.8 Å². The van der Waals surface area contributed by atoms with Gasteiger partial charge in [-0.1, -0.05) is 25.8 Å². The van der Waals surface area contributed by atoms with E-state index in [4.69, 9.17) is 10.5 Å². The minimum Gasteiger partial charge on any atom is -0.497 e. The van der Waals surface area contributed by atoms with Gasteiger partial charge in [0.05, 0.1) is 13.7 Å². The molecule has 1 atom stereocenters. The molecule has 0 radical (unpaired) electrons. The van der Waals surface area contributed by atoms with E-state index in [-0.39, 0.29) is 24.0 Å². The molecule has 1 saturated heterocycles. The normalized spacial score (nSPS) is 18.8. The fourth-order valence-electron chi connectivity index (χ4n) is 3.01. The summed E-state index contributed by atoms with van der Waals surface area (Å²) in [5, 5.41) is 3.14. The van der Waals surface area contributed by atoms with Gasteiger partial charge < -0.3 is 15.8 Å². The van der Waals surface area contributed by atoms with Gasteiger partial charge >= 0.3 is 0 Å². The minimum atomic E-state index is 0. The van der Waals surface area contributed by atoms with Crippen molar-refractivity contribution in [2.45, 2.75) is 45.1 Å². The summed E-state index contributed by atoms with van der Waals surface area (Å²) in [5.41, 5.74) is 6.94. The Morgan fingerprint density at radius 3 is 3.00 bits per heavy atom. The van der Waals surface area contributed by atoms with E-state index in [1.807, 2.05) is 24.3 Å². The molecular formula is C18H31IN4O. The third-order valence-electron chi connectivity index (χ3n) is 4.36. The number of halogens is 1. The second-order valence-corrected chi connectivity index (χ2v) is 6.12. The Hall–Kier alpha value is -1.02. The Bertz CT molecular complexity index is 510. The van der Waals surface area contributed by atoms with Crippen LogP contribution in [0.2, 0.25) is 0 Å². The molecular weight excluding hydrogens is 415 g/mol. The van der Waals surface area contributed by atoms with Crippen LogP contribution < -0.4 is 15.8 Å². The molecule has 0 spiro atoms. The average molecular weight is 446 g/mol. The van der Waals surface area contributed by atoms with Crippen molar-refractivity contribution < 1.29 is 4.74 Å². The number of benzene rings is 1. The summed E-state index contributed by atoms with van der Waals surface area (Å²) in [7, 11) is 1.66. The van der Waals surface area contributed by atoms with Crippen LogP contribution in [-0.2, 0) is 0 Å². The van der Waals surface area contributed by atoms with Crippen molar-refractivity contribution in [2.24, 2.45) is 10.7 Å². The number of piperidine rings is 1. The van der Waals surface area contributed by atoms with Gasteiger partial charge in [-0.05, 0) is 44.5 Å². The Balaban J connectivity index is 0.00000288. The first-order chi connectivity index (χ1) is 11.2. The molecule has 1 aromatic rings. The van der Waals surface area contributed by atoms with Crippen molar-refractivity contribution in [2.75, 3.05) is 32.1 Å². The highest BCUT2D eigenvalue weighted by Crippen LogP contribution is 2.18. The Labute approximate surface area is 163 Å². The van der Waals surface area contributed by atoms with Gasteiger partial charge in [0.25, 0.3) is 0 Å². The number of methoxy groups -OCH3 is 1. The molecule has 0 bridgehead atoms. The van der Waals surface area contributed by atoms with Gasteiger partial charge in [0.1, 0.15) is 5.75 Å². The van der Waals surface area contributed by atoms with Crippen molar-refractivity contribution >= 4 is 35.6 Å². The molecule has 6 heteroatoms. The summed E-state index contributed by atoms with van der Waals surface area (Å²) in [6, 6.07) is 8.24. The molecule has 2 rings (SSSR count). The fraction of sp³-hybridized carbons (Fsp3) is 0.611. The number of unbranched alkanes of at least 4 members (excludes halogenated alkanes) is 1. The summed E-state index contributed by atoms with van der Waals surface area (Å²) >= 11 is 0. The lowest BCUT2D eigenvalue weighted by molar-refractivity contribution is 0.151. The first kappa shape index (κ1) is 21.0. The SMILES string of the molecule is CCCCN1CCCCC1CN=C(N)Nc1cccc(OC)c1.I. The number of hydrogen-bond acceptors (Lipinski definition) is 3. The van der Waals surface area contributed by atoms with E-state index in [2.05, 4.69) is 22.1 Å². The molecule has 1 heterocycles. The maximum atomic E-state index is 6.04. The standard InChI is InChI=1S/C18H30N4O.HI/c1-3-4-11-22-12-6-5-9-16(22)14-20-18(19)21-15-8-7-10-17(13-15)23-2;/h7-8,10,13,16H,3-6,9,11-12,14H2,1-2H3,(H3,19,20,21);1H. The summed E-state index contributed by atoms with van der Waals surface area (Å²) < 4.78 is 5.22. The Morgan fingerprint density at radius 1 is 1.42 bits per heavy atom. The second-order valence-electron chi connectivity index (χ2n) is 6.12. The molecule has 136 valence electrons. The molecule has 1 aliphatic rings. The number of likely N-dealkylation sites (tertiary alicyclic amines) is 1. The first-order valence-corrected chi connectivity index (χ1v) is 8.68. The molecule has 0 aromatic heterocycles. The third kappa shape index (κ3) is 6.84. The number of nitrogens with zero attached hydrogens (tertiary/aromatic N) is 2. The van der Waals surface area contributed by atoms with Gasteiger partial charge in [-0.25, -0.2) is 0 Å². The van der Waals surface area contributed by atoms with Crippen LogP contribution in [-0.4, -0.2) is 43.6 Å². The first-order valence-electron chi connectivity index (χ1n) is 8.68. The second kappa shape index (κ2) is 11.5. The van der Waals surface area contributed by atoms with Gasteiger partial charge in [0.2, 0.25) is 0 Å². The predicted molar refractivity (Wildman–Crippen MR) is 113 cm³/mol. The molecule has 24 heavy (non-hydrogen) atoms. The minimum absolute atomic E-state index is 0. The number of aliphatic imine (C=N–C) groups is 1. The van der Waals surface area contributed by atoms with E-state index in [0.29, 0.717) is 12.0 Å². The summed E-state index contributed by atoms with van der Waals surface area (Å²) in [5.74, 6) is 1.28. The van der Waals surface area contributed by atoms with E-state index in [0.717, 1.165) is 18.0 Å². The monoisotopic (exact) mass is 446 g/mol. The van der Waals surface area contributed by atoms with Crippen LogP contribution in [0.5, 0.6) is 5.75 Å². The van der Waals surface area contributed by atoms with Crippen molar-refractivity contribution in [3.63, 3.8) is 0 Å². The molecule has 3 N–H and O–H groups in total. The number of hydrogen-bond donors (Lipinski definition) is 2. The Kier molecular flexibility index (Phi) is 10.1. The molecule has 1 aromatic carbocycles. The molecule has 1 fully saturated rings. The summed E-state index contributed by atoms with van der Waals surface area (Å²) in [6.07, 6.45) is 6.33. The van der Waals surface area contributed by atoms with Crippen molar-refractivity contribution in [1.29, 1.82) is 0 Å². The molecule has 0 aliphatic carbocycles. The largest absolute Gasteiger partial charge is 0.497 e. The highest BCUT2D eigenvalue weighted by Gasteiger charge is 2.21. The number of rotatable bonds is 7. The van der Waals surface area contributed by atoms with E-state index >= 15 is 0 Å². The molecule has 5 nitrogen and oxygen atoms in total. The van der Waals surface area contributed by atoms with Crippen molar-refractivity contribution in [1.82, 2.24) is 4.90 Å². The zero-order valence-electron chi connectivity index (χ0n) is 14.8. The molecule has 1 unspecified atom stereocenters. The predicted octanol–water partition coefficient (Wildman–Crippen LogP) is 3.69. The van der Waals surface area contributed by atoms with Crippen molar-refractivity contribution in [3.05, 3.63) is 24.3 Å². The zero-order chi connectivity index (χ0) is 16.5. The highest BCUT2D eigenvalue weighted by atomic mass is 127. The zero-order valence-corrected chi connectivity index (χ0v) is 17.2. The number of ether oxygens (including phenoxy) is 1. The van der Waals surface area contributed by atoms with Crippen LogP contribution in [0.3, 0.4) is 0 Å². The Morgan fingerprint density at radius 2 is 2.25 bits per heavy atom. The van der Waals surface area contributed by atoms with E-state index < -0.39 is 0 Å². The third-order valence-corrected chi connectivity index (χ3v) is 4.36. The van der Waals surface area contributed by atoms with Crippen LogP contribution in [0.25, 0.3) is 0 Å². The van der Waals surface area contributed by atoms with Crippen LogP contribution in [0.4, 0.5) is 5.69 Å². The summed E-state index contributed by atoms with van der Waals surface area (Å²) in [4.78, 5) is 7.14. The highest BCUT2D eigenvalue weighted by molar-refractivity contribution is 14.0. The molecule has 0 amide bonds.